The number of hydrogen-bond donors (Lipinski definition) is 0. The molecule has 2 heterocycles. The largest absolute Gasteiger partial charge is 0.486 e. The predicted molar refractivity (Wildman–Crippen MR) is 101 cm³/mol. The van der Waals surface area contributed by atoms with Gasteiger partial charge in [0.2, 0.25) is 0 Å². The van der Waals surface area contributed by atoms with Gasteiger partial charge in [-0.25, -0.2) is 14.4 Å². The third-order valence-electron chi connectivity index (χ3n) is 4.21. The van der Waals surface area contributed by atoms with Crippen LogP contribution >= 0.6 is 0 Å². The van der Waals surface area contributed by atoms with E-state index in [4.69, 9.17) is 23.7 Å². The number of methoxy groups -OCH3 is 3. The summed E-state index contributed by atoms with van der Waals surface area (Å²) in [5, 5.41) is 0. The van der Waals surface area contributed by atoms with Gasteiger partial charge in [0.15, 0.2) is 11.5 Å². The molecule has 0 spiro atoms. The number of fused-ring (bicyclic) bond motifs is 1. The second kappa shape index (κ2) is 8.51. The Morgan fingerprint density at radius 3 is 2.10 bits per heavy atom. The number of benzene rings is 1. The normalized spacial score (nSPS) is 14.9. The van der Waals surface area contributed by atoms with Crippen LogP contribution < -0.4 is 14.4 Å². The van der Waals surface area contributed by atoms with Gasteiger partial charge in [-0.1, -0.05) is 6.08 Å². The van der Waals surface area contributed by atoms with Crippen molar-refractivity contribution in [2.75, 3.05) is 39.4 Å². The van der Waals surface area contributed by atoms with E-state index < -0.39 is 17.9 Å². The lowest BCUT2D eigenvalue weighted by Crippen LogP contribution is -2.28. The summed E-state index contributed by atoms with van der Waals surface area (Å²) < 4.78 is 25.7. The maximum atomic E-state index is 12.6. The second-order valence-electron chi connectivity index (χ2n) is 5.82. The molecule has 3 rings (SSSR count). The van der Waals surface area contributed by atoms with E-state index in [-0.39, 0.29) is 22.5 Å². The van der Waals surface area contributed by atoms with Gasteiger partial charge in [-0.15, -0.1) is 0 Å². The summed E-state index contributed by atoms with van der Waals surface area (Å²) in [4.78, 5) is 38.7. The minimum atomic E-state index is -0.799. The first-order chi connectivity index (χ1) is 14.0. The first kappa shape index (κ1) is 20.0. The summed E-state index contributed by atoms with van der Waals surface area (Å²) in [5.41, 5.74) is 0.165. The van der Waals surface area contributed by atoms with Crippen LogP contribution in [0.15, 0.2) is 47.8 Å². The Kier molecular flexibility index (Phi) is 5.87. The van der Waals surface area contributed by atoms with Crippen LogP contribution in [0.5, 0.6) is 11.5 Å². The van der Waals surface area contributed by atoms with Gasteiger partial charge in [0.05, 0.1) is 38.2 Å². The summed E-state index contributed by atoms with van der Waals surface area (Å²) in [7, 11) is 3.62. The zero-order valence-electron chi connectivity index (χ0n) is 16.1. The number of allylic oxidation sites excluding steroid dienone is 2. The highest BCUT2D eigenvalue weighted by molar-refractivity contribution is 6.07. The van der Waals surface area contributed by atoms with Crippen molar-refractivity contribution in [3.63, 3.8) is 0 Å². The summed E-state index contributed by atoms with van der Waals surface area (Å²) in [6.45, 7) is 0.662. The van der Waals surface area contributed by atoms with E-state index in [9.17, 15) is 14.4 Å². The second-order valence-corrected chi connectivity index (χ2v) is 5.82. The minimum absolute atomic E-state index is 0.0462. The molecule has 0 amide bonds. The highest BCUT2D eigenvalue weighted by Crippen LogP contribution is 2.39. The fraction of sp³-hybridized carbons (Fsp3) is 0.250. The van der Waals surface area contributed by atoms with E-state index in [1.165, 1.54) is 50.6 Å². The van der Waals surface area contributed by atoms with Crippen LogP contribution in [0.25, 0.3) is 0 Å². The van der Waals surface area contributed by atoms with Crippen LogP contribution in [-0.4, -0.2) is 52.5 Å². The Labute approximate surface area is 166 Å². The molecule has 29 heavy (non-hydrogen) atoms. The summed E-state index contributed by atoms with van der Waals surface area (Å²) >= 11 is 0. The van der Waals surface area contributed by atoms with Gasteiger partial charge in [0, 0.05) is 18.3 Å². The highest BCUT2D eigenvalue weighted by Gasteiger charge is 2.31. The molecule has 2 aliphatic heterocycles. The monoisotopic (exact) mass is 401 g/mol. The Bertz CT molecular complexity index is 944. The number of carbonyl (C=O) groups excluding carboxylic acids is 3. The first-order valence-corrected chi connectivity index (χ1v) is 8.58. The van der Waals surface area contributed by atoms with Gasteiger partial charge >= 0.3 is 17.9 Å². The van der Waals surface area contributed by atoms with Crippen molar-refractivity contribution in [2.24, 2.45) is 0 Å². The van der Waals surface area contributed by atoms with Crippen LogP contribution in [0.1, 0.15) is 10.4 Å². The SMILES string of the molecule is COC(=O)C1=C(C(=O)OC)N(c2cc3c(cc2C(=O)OC)OCCO3)C=CC=C1. The lowest BCUT2D eigenvalue weighted by molar-refractivity contribution is -0.139. The maximum absolute atomic E-state index is 12.6. The van der Waals surface area contributed by atoms with Crippen LogP contribution in [0, 0.1) is 0 Å². The van der Waals surface area contributed by atoms with Crippen molar-refractivity contribution in [3.8, 4) is 11.5 Å². The standard InChI is InChI=1S/C20H19NO8/c1-25-18(22)12-6-4-5-7-21(17(12)20(24)27-3)14-11-16-15(28-8-9-29-16)10-13(14)19(23)26-2/h4-7,10-11H,8-9H2,1-3H3. The van der Waals surface area contributed by atoms with Crippen molar-refractivity contribution in [2.45, 2.75) is 0 Å². The molecular weight excluding hydrogens is 382 g/mol. The molecule has 0 N–H and O–H groups in total. The Balaban J connectivity index is 2.27. The summed E-state index contributed by atoms with van der Waals surface area (Å²) in [6.07, 6.45) is 6.09. The van der Waals surface area contributed by atoms with Gasteiger partial charge in [0.1, 0.15) is 18.9 Å². The molecule has 0 aliphatic carbocycles. The molecule has 0 radical (unpaired) electrons. The lowest BCUT2D eigenvalue weighted by Gasteiger charge is -2.27. The fourth-order valence-electron chi connectivity index (χ4n) is 2.90. The molecule has 0 fully saturated rings. The Morgan fingerprint density at radius 1 is 0.862 bits per heavy atom. The quantitative estimate of drug-likeness (QED) is 0.551. The molecule has 1 aromatic rings. The lowest BCUT2D eigenvalue weighted by atomic mass is 10.1. The third kappa shape index (κ3) is 3.79. The van der Waals surface area contributed by atoms with Gasteiger partial charge in [-0.3, -0.25) is 0 Å². The molecule has 1 aromatic carbocycles. The van der Waals surface area contributed by atoms with E-state index in [1.54, 1.807) is 12.2 Å². The van der Waals surface area contributed by atoms with Crippen LogP contribution in [-0.2, 0) is 23.8 Å². The molecule has 152 valence electrons. The van der Waals surface area contributed by atoms with Gasteiger partial charge < -0.3 is 28.6 Å². The van der Waals surface area contributed by atoms with Crippen molar-refractivity contribution in [1.29, 1.82) is 0 Å². The average Bonchev–Trinajstić information content (AvgIpc) is 2.99. The molecule has 0 saturated carbocycles. The highest BCUT2D eigenvalue weighted by atomic mass is 16.6. The maximum Gasteiger partial charge on any atom is 0.355 e. The number of hydrogen-bond acceptors (Lipinski definition) is 9. The zero-order chi connectivity index (χ0) is 21.0. The minimum Gasteiger partial charge on any atom is -0.486 e. The smallest absolute Gasteiger partial charge is 0.355 e. The average molecular weight is 401 g/mol. The van der Waals surface area contributed by atoms with Crippen molar-refractivity contribution >= 4 is 23.6 Å². The molecule has 0 bridgehead atoms. The van der Waals surface area contributed by atoms with E-state index in [0.717, 1.165) is 0 Å². The summed E-state index contributed by atoms with van der Waals surface area (Å²) in [5.74, 6) is -1.45. The first-order valence-electron chi connectivity index (χ1n) is 8.58. The molecule has 0 unspecified atom stereocenters. The van der Waals surface area contributed by atoms with Crippen molar-refractivity contribution < 1.29 is 38.1 Å². The van der Waals surface area contributed by atoms with E-state index in [1.807, 2.05) is 0 Å². The molecular formula is C20H19NO8. The Morgan fingerprint density at radius 2 is 1.48 bits per heavy atom. The molecule has 9 nitrogen and oxygen atoms in total. The molecule has 0 saturated heterocycles. The van der Waals surface area contributed by atoms with E-state index >= 15 is 0 Å². The number of anilines is 1. The Hall–Kier alpha value is -3.75. The van der Waals surface area contributed by atoms with Crippen molar-refractivity contribution in [1.82, 2.24) is 0 Å². The van der Waals surface area contributed by atoms with E-state index in [0.29, 0.717) is 24.7 Å². The van der Waals surface area contributed by atoms with Gasteiger partial charge in [-0.2, -0.15) is 0 Å². The molecule has 0 atom stereocenters. The van der Waals surface area contributed by atoms with E-state index in [2.05, 4.69) is 0 Å². The van der Waals surface area contributed by atoms with Crippen LogP contribution in [0.3, 0.4) is 0 Å². The number of ether oxygens (including phenoxy) is 5. The van der Waals surface area contributed by atoms with Gasteiger partial charge in [-0.05, 0) is 12.2 Å². The van der Waals surface area contributed by atoms with Crippen LogP contribution in [0.2, 0.25) is 0 Å². The number of esters is 3. The molecule has 9 heteroatoms. The number of carbonyl (C=O) groups is 3. The topological polar surface area (TPSA) is 101 Å². The number of nitrogens with zero attached hydrogens (tertiary/aromatic N) is 1. The predicted octanol–water partition coefficient (Wildman–Crippen LogP) is 1.73. The molecule has 2 aliphatic rings. The third-order valence-corrected chi connectivity index (χ3v) is 4.21. The number of rotatable bonds is 4. The zero-order valence-corrected chi connectivity index (χ0v) is 16.1. The summed E-state index contributed by atoms with van der Waals surface area (Å²) in [6, 6.07) is 3.00. The molecule has 0 aromatic heterocycles. The fourth-order valence-corrected chi connectivity index (χ4v) is 2.90. The van der Waals surface area contributed by atoms with Gasteiger partial charge in [0.25, 0.3) is 0 Å². The van der Waals surface area contributed by atoms with Crippen molar-refractivity contribution in [3.05, 3.63) is 53.4 Å². The van der Waals surface area contributed by atoms with Crippen LogP contribution in [0.4, 0.5) is 5.69 Å².